The largest absolute Gasteiger partial charge is 0.328 e. The maximum Gasteiger partial charge on any atom is 0.328 e. The number of aromatic nitrogens is 2. The molecule has 84 valence electrons. The van der Waals surface area contributed by atoms with E-state index in [1.807, 2.05) is 24.4 Å². The summed E-state index contributed by atoms with van der Waals surface area (Å²) in [6, 6.07) is 10.3. The first kappa shape index (κ1) is 10.7. The number of rotatable bonds is 3. The minimum atomic E-state index is 0.0377. The second-order valence-electron chi connectivity index (χ2n) is 3.93. The molecule has 1 aromatic heterocycles. The van der Waals surface area contributed by atoms with E-state index in [4.69, 9.17) is 0 Å². The molecule has 0 fully saturated rings. The first-order valence-electron chi connectivity index (χ1n) is 5.52. The van der Waals surface area contributed by atoms with Crippen LogP contribution in [-0.4, -0.2) is 9.13 Å². The number of nitrogens with zero attached hydrogens (tertiary/aromatic N) is 2. The van der Waals surface area contributed by atoms with Crippen molar-refractivity contribution in [3.63, 3.8) is 0 Å². The molecule has 0 bridgehead atoms. The summed E-state index contributed by atoms with van der Waals surface area (Å²) in [7, 11) is 1.77. The van der Waals surface area contributed by atoms with Crippen LogP contribution in [-0.2, 0) is 7.05 Å². The molecule has 0 saturated heterocycles. The smallest absolute Gasteiger partial charge is 0.302 e. The van der Waals surface area contributed by atoms with Crippen molar-refractivity contribution in [1.29, 1.82) is 0 Å². The monoisotopic (exact) mass is 216 g/mol. The second kappa shape index (κ2) is 4.39. The summed E-state index contributed by atoms with van der Waals surface area (Å²) in [5, 5.41) is 0. The Labute approximate surface area is 95.0 Å². The Hall–Kier alpha value is -1.77. The molecule has 1 heterocycles. The molecule has 1 atom stereocenters. The second-order valence-corrected chi connectivity index (χ2v) is 3.93. The van der Waals surface area contributed by atoms with Crippen LogP contribution in [0.15, 0.2) is 47.5 Å². The molecule has 0 aliphatic carbocycles. The topological polar surface area (TPSA) is 26.9 Å². The molecule has 0 saturated carbocycles. The highest BCUT2D eigenvalue weighted by atomic mass is 16.1. The third-order valence-corrected chi connectivity index (χ3v) is 2.88. The van der Waals surface area contributed by atoms with Crippen LogP contribution in [0.25, 0.3) is 0 Å². The maximum atomic E-state index is 11.9. The van der Waals surface area contributed by atoms with E-state index in [2.05, 4.69) is 19.1 Å². The van der Waals surface area contributed by atoms with Gasteiger partial charge in [0.05, 0.1) is 6.04 Å². The van der Waals surface area contributed by atoms with Gasteiger partial charge in [-0.05, 0) is 12.0 Å². The van der Waals surface area contributed by atoms with Crippen LogP contribution in [0.2, 0.25) is 0 Å². The molecule has 0 aliphatic heterocycles. The van der Waals surface area contributed by atoms with Gasteiger partial charge in [0.15, 0.2) is 0 Å². The van der Waals surface area contributed by atoms with Crippen molar-refractivity contribution in [3.8, 4) is 0 Å². The third-order valence-electron chi connectivity index (χ3n) is 2.88. The van der Waals surface area contributed by atoms with Crippen LogP contribution in [0.1, 0.15) is 24.9 Å². The first-order chi connectivity index (χ1) is 7.74. The summed E-state index contributed by atoms with van der Waals surface area (Å²) >= 11 is 0. The minimum absolute atomic E-state index is 0.0377. The molecule has 16 heavy (non-hydrogen) atoms. The van der Waals surface area contributed by atoms with Gasteiger partial charge < -0.3 is 4.57 Å². The molecule has 1 aromatic carbocycles. The standard InChI is InChI=1S/C13H16N2O/c1-3-12(11-7-5-4-6-8-11)15-10-9-14(2)13(15)16/h4-10,12H,3H2,1-2H3. The van der Waals surface area contributed by atoms with Gasteiger partial charge in [0.1, 0.15) is 0 Å². The number of benzene rings is 1. The zero-order valence-corrected chi connectivity index (χ0v) is 9.63. The molecule has 2 aromatic rings. The lowest BCUT2D eigenvalue weighted by Crippen LogP contribution is -2.26. The molecule has 0 N–H and O–H groups in total. The van der Waals surface area contributed by atoms with Crippen LogP contribution >= 0.6 is 0 Å². The molecule has 0 spiro atoms. The summed E-state index contributed by atoms with van der Waals surface area (Å²) in [5.74, 6) is 0. The van der Waals surface area contributed by atoms with Crippen molar-refractivity contribution in [2.45, 2.75) is 19.4 Å². The van der Waals surface area contributed by atoms with Crippen LogP contribution in [0.3, 0.4) is 0 Å². The maximum absolute atomic E-state index is 11.9. The zero-order chi connectivity index (χ0) is 11.5. The number of hydrogen-bond donors (Lipinski definition) is 0. The van der Waals surface area contributed by atoms with Crippen molar-refractivity contribution in [1.82, 2.24) is 9.13 Å². The van der Waals surface area contributed by atoms with Crippen molar-refractivity contribution < 1.29 is 0 Å². The molecular formula is C13H16N2O. The van der Waals surface area contributed by atoms with E-state index in [-0.39, 0.29) is 11.7 Å². The molecule has 0 aliphatic rings. The lowest BCUT2D eigenvalue weighted by Gasteiger charge is -2.15. The highest BCUT2D eigenvalue weighted by Crippen LogP contribution is 2.19. The molecule has 0 radical (unpaired) electrons. The molecular weight excluding hydrogens is 200 g/mol. The highest BCUT2D eigenvalue weighted by Gasteiger charge is 2.13. The summed E-state index contributed by atoms with van der Waals surface area (Å²) in [5.41, 5.74) is 1.22. The van der Waals surface area contributed by atoms with Crippen LogP contribution in [0.4, 0.5) is 0 Å². The van der Waals surface area contributed by atoms with Gasteiger partial charge in [0.2, 0.25) is 0 Å². The minimum Gasteiger partial charge on any atom is -0.302 e. The van der Waals surface area contributed by atoms with Gasteiger partial charge in [0.25, 0.3) is 0 Å². The molecule has 2 rings (SSSR count). The molecule has 3 heteroatoms. The fourth-order valence-corrected chi connectivity index (χ4v) is 1.99. The Kier molecular flexibility index (Phi) is 2.95. The van der Waals surface area contributed by atoms with E-state index >= 15 is 0 Å². The van der Waals surface area contributed by atoms with E-state index in [1.165, 1.54) is 5.56 Å². The van der Waals surface area contributed by atoms with Crippen molar-refractivity contribution in [2.24, 2.45) is 7.05 Å². The lowest BCUT2D eigenvalue weighted by molar-refractivity contribution is 0.540. The Balaban J connectivity index is 2.45. The van der Waals surface area contributed by atoms with Gasteiger partial charge in [-0.1, -0.05) is 37.3 Å². The summed E-state index contributed by atoms with van der Waals surface area (Å²) in [4.78, 5) is 11.9. The van der Waals surface area contributed by atoms with Crippen molar-refractivity contribution in [3.05, 3.63) is 58.8 Å². The highest BCUT2D eigenvalue weighted by molar-refractivity contribution is 5.19. The van der Waals surface area contributed by atoms with Gasteiger partial charge >= 0.3 is 5.69 Å². The van der Waals surface area contributed by atoms with Gasteiger partial charge in [-0.2, -0.15) is 0 Å². The fourth-order valence-electron chi connectivity index (χ4n) is 1.99. The zero-order valence-electron chi connectivity index (χ0n) is 9.63. The van der Waals surface area contributed by atoms with Crippen LogP contribution < -0.4 is 5.69 Å². The average Bonchev–Trinajstić information content (AvgIpc) is 2.64. The quantitative estimate of drug-likeness (QED) is 0.772. The predicted octanol–water partition coefficient (Wildman–Crippen LogP) is 2.19. The van der Waals surface area contributed by atoms with Gasteiger partial charge in [-0.15, -0.1) is 0 Å². The molecule has 1 unspecified atom stereocenters. The van der Waals surface area contributed by atoms with Gasteiger partial charge in [-0.25, -0.2) is 4.79 Å². The van der Waals surface area contributed by atoms with Crippen LogP contribution in [0.5, 0.6) is 0 Å². The Morgan fingerprint density at radius 2 is 1.88 bits per heavy atom. The SMILES string of the molecule is CCC(c1ccccc1)n1ccn(C)c1=O. The number of imidazole rings is 1. The predicted molar refractivity (Wildman–Crippen MR) is 64.5 cm³/mol. The van der Waals surface area contributed by atoms with E-state index in [0.717, 1.165) is 6.42 Å². The van der Waals surface area contributed by atoms with Gasteiger partial charge in [0, 0.05) is 19.4 Å². The van der Waals surface area contributed by atoms with Gasteiger partial charge in [-0.3, -0.25) is 4.57 Å². The van der Waals surface area contributed by atoms with E-state index in [1.54, 1.807) is 22.4 Å². The Bertz CT molecular complexity index is 510. The number of aryl methyl sites for hydroxylation is 1. The molecule has 3 nitrogen and oxygen atoms in total. The lowest BCUT2D eigenvalue weighted by atomic mass is 10.0. The van der Waals surface area contributed by atoms with E-state index in [9.17, 15) is 4.79 Å². The van der Waals surface area contributed by atoms with E-state index < -0.39 is 0 Å². The number of hydrogen-bond acceptors (Lipinski definition) is 1. The van der Waals surface area contributed by atoms with Crippen LogP contribution in [0, 0.1) is 0 Å². The van der Waals surface area contributed by atoms with E-state index in [0.29, 0.717) is 0 Å². The van der Waals surface area contributed by atoms with Crippen molar-refractivity contribution >= 4 is 0 Å². The summed E-state index contributed by atoms with van der Waals surface area (Å²) < 4.78 is 3.39. The summed E-state index contributed by atoms with van der Waals surface area (Å²) in [6.07, 6.45) is 4.56. The fraction of sp³-hybridized carbons (Fsp3) is 0.308. The third kappa shape index (κ3) is 1.81. The Morgan fingerprint density at radius 1 is 1.19 bits per heavy atom. The summed E-state index contributed by atoms with van der Waals surface area (Å²) in [6.45, 7) is 2.09. The Morgan fingerprint density at radius 3 is 2.38 bits per heavy atom. The first-order valence-corrected chi connectivity index (χ1v) is 5.52. The molecule has 0 amide bonds. The normalized spacial score (nSPS) is 12.6. The average molecular weight is 216 g/mol. The van der Waals surface area contributed by atoms with Crippen molar-refractivity contribution in [2.75, 3.05) is 0 Å².